The molecule has 0 saturated heterocycles. The topological polar surface area (TPSA) is 102 Å². The average molecular weight is 1930 g/mol. The molecule has 0 amide bonds. The van der Waals surface area contributed by atoms with E-state index < -0.39 is 13.7 Å². The van der Waals surface area contributed by atoms with Gasteiger partial charge >= 0.3 is 0 Å². The van der Waals surface area contributed by atoms with Gasteiger partial charge in [0.15, 0.2) is 0 Å². The van der Waals surface area contributed by atoms with E-state index in [9.17, 15) is 10.2 Å². The molecule has 4 aromatic heterocycles. The van der Waals surface area contributed by atoms with Crippen LogP contribution < -0.4 is 0 Å². The van der Waals surface area contributed by atoms with Gasteiger partial charge in [-0.05, 0) is 172 Å². The number of benzene rings is 12. The molecule has 0 aliphatic carbocycles. The van der Waals surface area contributed by atoms with Gasteiger partial charge in [-0.2, -0.15) is 0 Å². The van der Waals surface area contributed by atoms with Gasteiger partial charge in [0, 0.05) is 96.4 Å². The molecule has 10 heteroatoms. The van der Waals surface area contributed by atoms with Crippen LogP contribution in [0.3, 0.4) is 0 Å². The summed E-state index contributed by atoms with van der Waals surface area (Å²) in [6.07, 6.45) is 3.59. The van der Waals surface area contributed by atoms with E-state index in [-0.39, 0.29) is 80.7 Å². The van der Waals surface area contributed by atoms with Crippen LogP contribution in [0.1, 0.15) is 168 Å². The molecule has 16 aromatic rings. The van der Waals surface area contributed by atoms with Gasteiger partial charge in [-0.1, -0.05) is 313 Å². The summed E-state index contributed by atoms with van der Waals surface area (Å²) in [5, 5.41) is 24.4. The van der Waals surface area contributed by atoms with Crippen molar-refractivity contribution >= 4 is 22.1 Å². The van der Waals surface area contributed by atoms with Crippen LogP contribution in [0.15, 0.2) is 267 Å². The molecule has 0 aliphatic heterocycles. The van der Waals surface area contributed by atoms with Crippen molar-refractivity contribution in [1.29, 1.82) is 0 Å². The number of fused-ring (bicyclic) bond motifs is 2. The summed E-state index contributed by atoms with van der Waals surface area (Å²) < 4.78 is 51.4. The first-order valence-corrected chi connectivity index (χ1v) is 40.3. The predicted molar refractivity (Wildman–Crippen MR) is 490 cm³/mol. The summed E-state index contributed by atoms with van der Waals surface area (Å²) in [4.78, 5) is 20.8. The molecular formula is C109H106N6O2Pt2-2. The third kappa shape index (κ3) is 17.8. The quantitative estimate of drug-likeness (QED) is 0.118. The minimum atomic E-state index is -2.17. The van der Waals surface area contributed by atoms with Crippen LogP contribution in [0.5, 0.6) is 11.5 Å². The Bertz CT molecular complexity index is 6710. The Balaban J connectivity index is 0.000000211. The molecule has 0 radical (unpaired) electrons. The molecule has 0 saturated carbocycles. The fraction of sp³-hybridized carbons (Fsp3) is 0.229. The van der Waals surface area contributed by atoms with Crippen molar-refractivity contribution in [3.8, 4) is 135 Å². The summed E-state index contributed by atoms with van der Waals surface area (Å²) in [6.45, 7) is 34.6. The molecule has 0 unspecified atom stereocenters. The zero-order valence-corrected chi connectivity index (χ0v) is 75.7. The van der Waals surface area contributed by atoms with Gasteiger partial charge in [-0.3, -0.25) is 19.1 Å². The van der Waals surface area contributed by atoms with Crippen LogP contribution in [0.4, 0.5) is 0 Å². The Morgan fingerprint density at radius 3 is 1.06 bits per heavy atom. The number of phenolic OH excluding ortho intramolecular Hbond substituents is 2. The van der Waals surface area contributed by atoms with E-state index >= 15 is 0 Å². The number of pyridine rings is 2. The molecule has 2 N–H and O–H groups in total. The molecule has 16 rings (SSSR count). The van der Waals surface area contributed by atoms with Gasteiger partial charge in [0.1, 0.15) is 23.1 Å². The number of aromatic hydroxyl groups is 2. The van der Waals surface area contributed by atoms with Crippen molar-refractivity contribution in [2.45, 2.75) is 165 Å². The van der Waals surface area contributed by atoms with Gasteiger partial charge in [0.25, 0.3) is 0 Å². The summed E-state index contributed by atoms with van der Waals surface area (Å²) in [5.41, 5.74) is 29.3. The van der Waals surface area contributed by atoms with Gasteiger partial charge < -0.3 is 10.2 Å². The normalized spacial score (nSPS) is 12.9. The second kappa shape index (κ2) is 33.6. The van der Waals surface area contributed by atoms with Crippen molar-refractivity contribution in [3.05, 3.63) is 335 Å². The SMILES string of the molecule is [2H]C([2H])([2H])c1ccc(-c2ccnc(-c3[c-]c(-c4cccc5c4nc(-c4cc(C)cc(C(C)(C)C)c4O)n5-c4ccc(C(C)(C)C)cc4-c4ccccc4)cc(C(C)(C)C)c3)c2)cc1.[2H]C([2H])([2H])c1ccc(-c2ccnc(-c3[c-]c(-c4cccc5c4nc(-c4cc(C)cc(C(C)(C)C)c4O)n5-c4ccc(C)cc4-c4ccccc4)cc(C(C)(C)C)c3)c2)cc1.[Pt].[Pt]. The minimum Gasteiger partial charge on any atom is -0.507 e. The Kier molecular flexibility index (Phi) is 21.9. The second-order valence-corrected chi connectivity index (χ2v) is 36.4. The van der Waals surface area contributed by atoms with Crippen LogP contribution in [-0.4, -0.2) is 39.3 Å². The molecular weight excluding hydrogens is 1820 g/mol. The van der Waals surface area contributed by atoms with Crippen LogP contribution in [0, 0.1) is 46.6 Å². The summed E-state index contributed by atoms with van der Waals surface area (Å²) >= 11 is 0. The molecule has 8 nitrogen and oxygen atoms in total. The van der Waals surface area contributed by atoms with Crippen molar-refractivity contribution in [1.82, 2.24) is 29.1 Å². The smallest absolute Gasteiger partial charge is 0.148 e. The van der Waals surface area contributed by atoms with E-state index in [1.807, 2.05) is 72.8 Å². The molecule has 4 heterocycles. The Morgan fingerprint density at radius 2 is 0.672 bits per heavy atom. The molecule has 606 valence electrons. The van der Waals surface area contributed by atoms with Crippen molar-refractivity contribution in [2.24, 2.45) is 0 Å². The molecule has 0 bridgehead atoms. The zero-order valence-electron chi connectivity index (χ0n) is 77.1. The van der Waals surface area contributed by atoms with Crippen molar-refractivity contribution < 1.29 is 60.6 Å². The number of phenols is 2. The Hall–Kier alpha value is -11.1. The Morgan fingerprint density at radius 1 is 0.303 bits per heavy atom. The van der Waals surface area contributed by atoms with Gasteiger partial charge in [0.2, 0.25) is 0 Å². The maximum Gasteiger partial charge on any atom is 0.148 e. The third-order valence-electron chi connectivity index (χ3n) is 22.2. The predicted octanol–water partition coefficient (Wildman–Crippen LogP) is 28.5. The van der Waals surface area contributed by atoms with Gasteiger partial charge in [-0.25, -0.2) is 9.97 Å². The molecule has 0 atom stereocenters. The third-order valence-corrected chi connectivity index (χ3v) is 22.2. The van der Waals surface area contributed by atoms with Crippen molar-refractivity contribution in [2.75, 3.05) is 0 Å². The molecule has 119 heavy (non-hydrogen) atoms. The number of hydrogen-bond donors (Lipinski definition) is 2. The van der Waals surface area contributed by atoms with E-state index in [2.05, 4.69) is 304 Å². The van der Waals surface area contributed by atoms with Gasteiger partial charge in [0.05, 0.1) is 44.6 Å². The fourth-order valence-electron chi connectivity index (χ4n) is 15.7. The van der Waals surface area contributed by atoms with Crippen LogP contribution in [-0.2, 0) is 69.2 Å². The standard InChI is InChI=1S/C56H56N3O.C53H50N3O.2Pt/c1-35-20-22-37(23-21-35)39-26-27-57-48(33-39)41-30-40(31-43(32-41)55(6,7)8)44-18-15-19-50-51(44)58-53(46-28-36(2)29-47(52(46)60)56(9,10)11)59(50)49-25-24-42(54(3,4)5)34-45(49)38-16-13-12-14-17-38;1-33-18-21-36(22-19-33)38-24-25-54-46(32-38)40-29-39(30-41(31-40)52(4,5)6)42-16-13-17-48-49(42)55-51(44-27-35(3)28-45(50(44)57)53(7,8)9)56(48)47-23-20-34(2)26-43(47)37-14-11-10-12-15-37;;/h12-29,31-34,60H,1-11H3;10-28,30-32,57H,1-9H3;;/q2*-1;;/i2*1D3;;. The number of hydrogen-bond acceptors (Lipinski definition) is 6. The number of aromatic nitrogens is 6. The number of para-hydroxylation sites is 2. The maximum absolute atomic E-state index is 12.3. The van der Waals surface area contributed by atoms with Crippen LogP contribution in [0.25, 0.3) is 145 Å². The number of aryl methyl sites for hydroxylation is 5. The average Bonchev–Trinajstić information content (AvgIpc) is 1.59. The van der Waals surface area contributed by atoms with E-state index in [1.54, 1.807) is 36.7 Å². The van der Waals surface area contributed by atoms with E-state index in [1.165, 1.54) is 5.56 Å². The molecule has 0 spiro atoms. The fourth-order valence-corrected chi connectivity index (χ4v) is 15.7. The van der Waals surface area contributed by atoms with Crippen LogP contribution in [0.2, 0.25) is 0 Å². The van der Waals surface area contributed by atoms with Crippen LogP contribution >= 0.6 is 0 Å². The number of imidazole rings is 2. The number of nitrogens with zero attached hydrogens (tertiary/aromatic N) is 6. The molecule has 12 aromatic carbocycles. The number of rotatable bonds is 12. The summed E-state index contributed by atoms with van der Waals surface area (Å²) in [7, 11) is 0. The summed E-state index contributed by atoms with van der Waals surface area (Å²) in [6, 6.07) is 93.3. The Labute approximate surface area is 741 Å². The monoisotopic (exact) mass is 1930 g/mol. The first kappa shape index (κ1) is 77.7. The van der Waals surface area contributed by atoms with E-state index in [4.69, 9.17) is 28.2 Å². The second-order valence-electron chi connectivity index (χ2n) is 36.4. The maximum atomic E-state index is 12.3. The van der Waals surface area contributed by atoms with Crippen molar-refractivity contribution in [3.63, 3.8) is 0 Å². The largest absolute Gasteiger partial charge is 0.507 e. The zero-order chi connectivity index (χ0) is 87.9. The van der Waals surface area contributed by atoms with E-state index in [0.29, 0.717) is 33.9 Å². The van der Waals surface area contributed by atoms with E-state index in [0.717, 1.165) is 162 Å². The van der Waals surface area contributed by atoms with Gasteiger partial charge in [-0.15, -0.1) is 58.7 Å². The first-order chi connectivity index (χ1) is 57.9. The summed E-state index contributed by atoms with van der Waals surface area (Å²) in [5.74, 6) is 1.75. The minimum absolute atomic E-state index is 0. The molecule has 0 fully saturated rings. The molecule has 0 aliphatic rings. The first-order valence-electron chi connectivity index (χ1n) is 43.3.